The molecule has 0 aromatic heterocycles. The number of rotatable bonds is 4. The Labute approximate surface area is 229 Å². The van der Waals surface area contributed by atoms with E-state index in [-0.39, 0.29) is 11.7 Å². The SMILES string of the molecule is C1=CC=CNC=C1.CC(C)(Oc1ccc(Cl)cc1)C(=O)C1C=c2c(ccc3c2=CCc2ccccc2-3)CC1. The highest BCUT2D eigenvalue weighted by Crippen LogP contribution is 2.28. The maximum Gasteiger partial charge on any atom is 0.182 e. The Balaban J connectivity index is 0.000000366. The highest BCUT2D eigenvalue weighted by atomic mass is 35.5. The van der Waals surface area contributed by atoms with Crippen LogP contribution in [0.15, 0.2) is 97.4 Å². The average molecular weight is 522 g/mol. The molecule has 1 aliphatic heterocycles. The van der Waals surface area contributed by atoms with Crippen molar-refractivity contribution in [3.05, 3.63) is 124 Å². The van der Waals surface area contributed by atoms with E-state index in [1.54, 1.807) is 24.3 Å². The summed E-state index contributed by atoms with van der Waals surface area (Å²) in [5.74, 6) is 0.607. The second-order valence-electron chi connectivity index (χ2n) is 10.2. The minimum Gasteiger partial charge on any atom is -0.480 e. The van der Waals surface area contributed by atoms with Crippen LogP contribution in [0.5, 0.6) is 5.75 Å². The van der Waals surface area contributed by atoms with Crippen molar-refractivity contribution in [2.24, 2.45) is 5.92 Å². The fourth-order valence-corrected chi connectivity index (χ4v) is 5.35. The Hall–Kier alpha value is -3.82. The second kappa shape index (κ2) is 11.3. The van der Waals surface area contributed by atoms with E-state index in [1.165, 1.54) is 32.7 Å². The van der Waals surface area contributed by atoms with Crippen molar-refractivity contribution in [2.75, 3.05) is 0 Å². The number of hydrogen-bond donors (Lipinski definition) is 1. The largest absolute Gasteiger partial charge is 0.480 e. The number of carbonyl (C=O) groups is 1. The van der Waals surface area contributed by atoms with Gasteiger partial charge in [-0.2, -0.15) is 0 Å². The Bertz CT molecular complexity index is 1530. The predicted molar refractivity (Wildman–Crippen MR) is 157 cm³/mol. The van der Waals surface area contributed by atoms with Crippen LogP contribution < -0.4 is 20.5 Å². The summed E-state index contributed by atoms with van der Waals surface area (Å²) < 4.78 is 6.08. The normalized spacial score (nSPS) is 16.7. The minimum atomic E-state index is -0.919. The van der Waals surface area contributed by atoms with Crippen LogP contribution in [0.2, 0.25) is 5.02 Å². The van der Waals surface area contributed by atoms with Gasteiger partial charge < -0.3 is 10.1 Å². The van der Waals surface area contributed by atoms with Gasteiger partial charge in [-0.05, 0) is 102 Å². The van der Waals surface area contributed by atoms with Gasteiger partial charge in [-0.25, -0.2) is 0 Å². The third-order valence-electron chi connectivity index (χ3n) is 7.14. The van der Waals surface area contributed by atoms with E-state index in [0.717, 1.165) is 19.3 Å². The number of Topliss-reactive ketones (excluding diaryl/α,β-unsaturated/α-hetero) is 1. The Morgan fingerprint density at radius 3 is 2.37 bits per heavy atom. The lowest BCUT2D eigenvalue weighted by Crippen LogP contribution is -2.45. The first-order valence-corrected chi connectivity index (χ1v) is 13.5. The number of fused-ring (bicyclic) bond motifs is 5. The molecule has 38 heavy (non-hydrogen) atoms. The number of allylic oxidation sites excluding steroid dienone is 4. The van der Waals surface area contributed by atoms with Gasteiger partial charge in [-0.15, -0.1) is 0 Å². The highest BCUT2D eigenvalue weighted by molar-refractivity contribution is 6.30. The van der Waals surface area contributed by atoms with Gasteiger partial charge in [0, 0.05) is 23.3 Å². The number of ether oxygens (including phenoxy) is 1. The molecule has 0 bridgehead atoms. The van der Waals surface area contributed by atoms with Crippen molar-refractivity contribution < 1.29 is 9.53 Å². The summed E-state index contributed by atoms with van der Waals surface area (Å²) in [6.07, 6.45) is 18.7. The van der Waals surface area contributed by atoms with Crippen LogP contribution in [-0.2, 0) is 17.6 Å². The fourth-order valence-electron chi connectivity index (χ4n) is 5.23. The zero-order valence-corrected chi connectivity index (χ0v) is 22.5. The van der Waals surface area contributed by atoms with Crippen molar-refractivity contribution in [2.45, 2.75) is 38.7 Å². The first kappa shape index (κ1) is 25.8. The predicted octanol–water partition coefficient (Wildman–Crippen LogP) is 6.29. The fraction of sp³-hybridized carbons (Fsp3) is 0.206. The maximum absolute atomic E-state index is 13.5. The number of ketones is 1. The van der Waals surface area contributed by atoms with Gasteiger partial charge in [0.05, 0.1) is 0 Å². The average Bonchev–Trinajstić information content (AvgIpc) is 3.27. The van der Waals surface area contributed by atoms with Gasteiger partial charge in [0.1, 0.15) is 5.75 Å². The molecule has 2 aliphatic carbocycles. The first-order chi connectivity index (χ1) is 18.4. The molecule has 1 heterocycles. The van der Waals surface area contributed by atoms with E-state index in [4.69, 9.17) is 16.3 Å². The van der Waals surface area contributed by atoms with Gasteiger partial charge in [0.2, 0.25) is 0 Å². The lowest BCUT2D eigenvalue weighted by atomic mass is 9.80. The van der Waals surface area contributed by atoms with Crippen molar-refractivity contribution in [1.82, 2.24) is 5.32 Å². The standard InChI is InChI=1S/C28H25ClO2.C6H7N/c1-28(2,31-22-13-11-21(29)12-14-22)27(30)20-8-7-19-10-15-24-23-6-4-3-5-18(23)9-16-25(24)26(19)17-20;1-2-4-6-7-5-3-1/h3-6,10-17,20H,7-9H2,1-2H3;1-7H. The van der Waals surface area contributed by atoms with Crippen molar-refractivity contribution in [1.29, 1.82) is 0 Å². The molecule has 0 spiro atoms. The van der Waals surface area contributed by atoms with Crippen LogP contribution in [0.25, 0.3) is 23.3 Å². The summed E-state index contributed by atoms with van der Waals surface area (Å²) in [6.45, 7) is 3.71. The van der Waals surface area contributed by atoms with Crippen molar-refractivity contribution in [3.63, 3.8) is 0 Å². The number of hydrogen-bond acceptors (Lipinski definition) is 3. The molecule has 1 atom stereocenters. The molecule has 3 aromatic rings. The van der Waals surface area contributed by atoms with E-state index < -0.39 is 5.60 Å². The van der Waals surface area contributed by atoms with Gasteiger partial charge in [0.15, 0.2) is 11.4 Å². The quantitative estimate of drug-likeness (QED) is 0.438. The Morgan fingerprint density at radius 2 is 1.61 bits per heavy atom. The molecule has 0 saturated heterocycles. The van der Waals surface area contributed by atoms with Crippen LogP contribution in [0.3, 0.4) is 0 Å². The summed E-state index contributed by atoms with van der Waals surface area (Å²) in [7, 11) is 0. The lowest BCUT2D eigenvalue weighted by molar-refractivity contribution is -0.134. The van der Waals surface area contributed by atoms with Crippen LogP contribution in [0, 0.1) is 5.92 Å². The molecule has 192 valence electrons. The third kappa shape index (κ3) is 5.69. The van der Waals surface area contributed by atoms with Gasteiger partial charge in [0.25, 0.3) is 0 Å². The number of nitrogens with one attached hydrogen (secondary N) is 1. The lowest BCUT2D eigenvalue weighted by Gasteiger charge is -2.30. The summed E-state index contributed by atoms with van der Waals surface area (Å²) in [5.41, 5.74) is 4.33. The molecule has 6 rings (SSSR count). The molecule has 1 unspecified atom stereocenters. The molecular formula is C34H32ClNO2. The smallest absolute Gasteiger partial charge is 0.182 e. The molecule has 0 radical (unpaired) electrons. The first-order valence-electron chi connectivity index (χ1n) is 13.1. The van der Waals surface area contributed by atoms with E-state index in [0.29, 0.717) is 10.8 Å². The number of carbonyl (C=O) groups excluding carboxylic acids is 1. The number of benzene rings is 3. The van der Waals surface area contributed by atoms with E-state index in [9.17, 15) is 4.79 Å². The monoisotopic (exact) mass is 521 g/mol. The molecule has 1 N–H and O–H groups in total. The number of aryl methyl sites for hydroxylation is 1. The number of halogens is 1. The van der Waals surface area contributed by atoms with Gasteiger partial charge in [-0.1, -0.05) is 72.3 Å². The Kier molecular flexibility index (Phi) is 7.67. The Morgan fingerprint density at radius 1 is 0.868 bits per heavy atom. The molecular weight excluding hydrogens is 490 g/mol. The van der Waals surface area contributed by atoms with E-state index in [1.807, 2.05) is 50.6 Å². The second-order valence-corrected chi connectivity index (χ2v) is 10.6. The third-order valence-corrected chi connectivity index (χ3v) is 7.39. The maximum atomic E-state index is 13.5. The van der Waals surface area contributed by atoms with Gasteiger partial charge >= 0.3 is 0 Å². The van der Waals surface area contributed by atoms with E-state index >= 15 is 0 Å². The van der Waals surface area contributed by atoms with Crippen LogP contribution >= 0.6 is 11.6 Å². The molecule has 4 heteroatoms. The highest BCUT2D eigenvalue weighted by Gasteiger charge is 2.35. The molecule has 0 saturated carbocycles. The molecule has 3 aromatic carbocycles. The summed E-state index contributed by atoms with van der Waals surface area (Å²) in [4.78, 5) is 13.5. The summed E-state index contributed by atoms with van der Waals surface area (Å²) >= 11 is 5.97. The van der Waals surface area contributed by atoms with Crippen LogP contribution in [0.1, 0.15) is 31.4 Å². The summed E-state index contributed by atoms with van der Waals surface area (Å²) in [6, 6.07) is 20.2. The van der Waals surface area contributed by atoms with Crippen LogP contribution in [0.4, 0.5) is 0 Å². The van der Waals surface area contributed by atoms with Crippen LogP contribution in [-0.4, -0.2) is 11.4 Å². The zero-order chi connectivity index (χ0) is 26.5. The zero-order valence-electron chi connectivity index (χ0n) is 21.8. The molecule has 0 amide bonds. The molecule has 0 fully saturated rings. The topological polar surface area (TPSA) is 38.3 Å². The van der Waals surface area contributed by atoms with Crippen molar-refractivity contribution >= 4 is 29.5 Å². The summed E-state index contributed by atoms with van der Waals surface area (Å²) in [5, 5.41) is 6.06. The van der Waals surface area contributed by atoms with E-state index in [2.05, 4.69) is 53.9 Å². The molecule has 3 nitrogen and oxygen atoms in total. The molecule has 3 aliphatic rings. The van der Waals surface area contributed by atoms with Gasteiger partial charge in [-0.3, -0.25) is 4.79 Å². The minimum absolute atomic E-state index is 0.113. The van der Waals surface area contributed by atoms with Crippen molar-refractivity contribution in [3.8, 4) is 16.9 Å².